The molecular formula is C15H12F3NO3S. The summed E-state index contributed by atoms with van der Waals surface area (Å²) in [4.78, 5) is 0. The summed E-state index contributed by atoms with van der Waals surface area (Å²) in [5.41, 5.74) is 0.334. The maximum Gasteiger partial charge on any atom is 0.573 e. The first-order chi connectivity index (χ1) is 10.8. The van der Waals surface area contributed by atoms with Crippen LogP contribution in [0.2, 0.25) is 0 Å². The fraction of sp³-hybridized carbons (Fsp3) is 0.0667. The molecule has 4 nitrogen and oxygen atoms in total. The molecule has 0 aromatic heterocycles. The lowest BCUT2D eigenvalue weighted by molar-refractivity contribution is -0.274. The predicted molar refractivity (Wildman–Crippen MR) is 81.1 cm³/mol. The van der Waals surface area contributed by atoms with Crippen molar-refractivity contribution in [2.24, 2.45) is 0 Å². The molecule has 0 saturated carbocycles. The van der Waals surface area contributed by atoms with E-state index in [0.717, 1.165) is 11.5 Å². The van der Waals surface area contributed by atoms with Gasteiger partial charge in [0.2, 0.25) is 0 Å². The molecule has 0 amide bonds. The Bertz CT molecular complexity index is 787. The summed E-state index contributed by atoms with van der Waals surface area (Å²) in [7, 11) is -3.99. The zero-order chi connectivity index (χ0) is 16.9. The summed E-state index contributed by atoms with van der Waals surface area (Å²) in [5.74, 6) is -0.628. The summed E-state index contributed by atoms with van der Waals surface area (Å²) in [5, 5.41) is 0.868. The molecule has 0 radical (unpaired) electrons. The molecule has 0 fully saturated rings. The highest BCUT2D eigenvalue weighted by Crippen LogP contribution is 2.30. The maximum absolute atomic E-state index is 12.3. The Balaban J connectivity index is 2.19. The third-order valence-corrected chi connectivity index (χ3v) is 3.60. The van der Waals surface area contributed by atoms with Gasteiger partial charge in [0.1, 0.15) is 0 Å². The van der Waals surface area contributed by atoms with E-state index in [4.69, 9.17) is 0 Å². The van der Waals surface area contributed by atoms with Crippen LogP contribution in [-0.4, -0.2) is 14.8 Å². The highest BCUT2D eigenvalue weighted by atomic mass is 32.2. The van der Waals surface area contributed by atoms with E-state index >= 15 is 0 Å². The number of ether oxygens (including phenoxy) is 1. The van der Waals surface area contributed by atoms with Gasteiger partial charge in [0, 0.05) is 0 Å². The number of hydrogen-bond acceptors (Lipinski definition) is 3. The molecule has 0 unspecified atom stereocenters. The van der Waals surface area contributed by atoms with Crippen LogP contribution in [0.15, 0.2) is 60.0 Å². The van der Waals surface area contributed by atoms with Crippen LogP contribution in [0.3, 0.4) is 0 Å². The molecule has 0 saturated heterocycles. The third-order valence-electron chi connectivity index (χ3n) is 2.60. The highest BCUT2D eigenvalue weighted by molar-refractivity contribution is 7.95. The number of nitrogens with one attached hydrogen (secondary N) is 1. The first-order valence-corrected chi connectivity index (χ1v) is 7.90. The molecule has 0 aliphatic heterocycles. The average Bonchev–Trinajstić information content (AvgIpc) is 2.47. The van der Waals surface area contributed by atoms with Crippen molar-refractivity contribution < 1.29 is 26.3 Å². The van der Waals surface area contributed by atoms with Crippen molar-refractivity contribution in [2.45, 2.75) is 6.36 Å². The van der Waals surface area contributed by atoms with Gasteiger partial charge in [-0.05, 0) is 23.8 Å². The summed E-state index contributed by atoms with van der Waals surface area (Å²) >= 11 is 0. The van der Waals surface area contributed by atoms with Gasteiger partial charge in [0.15, 0.2) is 5.75 Å². The lowest BCUT2D eigenvalue weighted by atomic mass is 10.2. The van der Waals surface area contributed by atoms with E-state index in [2.05, 4.69) is 4.74 Å². The minimum atomic E-state index is -4.92. The van der Waals surface area contributed by atoms with Crippen LogP contribution in [-0.2, 0) is 10.0 Å². The van der Waals surface area contributed by atoms with E-state index in [9.17, 15) is 21.6 Å². The summed E-state index contributed by atoms with van der Waals surface area (Å²) < 4.78 is 66.7. The molecular weight excluding hydrogens is 331 g/mol. The van der Waals surface area contributed by atoms with Crippen molar-refractivity contribution in [1.82, 2.24) is 0 Å². The third kappa shape index (κ3) is 5.67. The molecule has 2 rings (SSSR count). The van der Waals surface area contributed by atoms with Crippen LogP contribution in [0.5, 0.6) is 5.75 Å². The molecule has 0 bridgehead atoms. The van der Waals surface area contributed by atoms with Crippen molar-refractivity contribution in [3.8, 4) is 5.75 Å². The van der Waals surface area contributed by atoms with Crippen molar-refractivity contribution in [1.29, 1.82) is 0 Å². The monoisotopic (exact) mass is 343 g/mol. The van der Waals surface area contributed by atoms with Crippen LogP contribution in [0.1, 0.15) is 5.56 Å². The van der Waals surface area contributed by atoms with Gasteiger partial charge in [0.25, 0.3) is 10.0 Å². The van der Waals surface area contributed by atoms with Crippen LogP contribution < -0.4 is 9.46 Å². The van der Waals surface area contributed by atoms with E-state index in [0.29, 0.717) is 5.56 Å². The fourth-order valence-electron chi connectivity index (χ4n) is 1.68. The Morgan fingerprint density at radius 2 is 1.57 bits per heavy atom. The van der Waals surface area contributed by atoms with Gasteiger partial charge in [-0.15, -0.1) is 13.2 Å². The number of hydrogen-bond donors (Lipinski definition) is 1. The van der Waals surface area contributed by atoms with Crippen molar-refractivity contribution in [2.75, 3.05) is 4.72 Å². The number of anilines is 1. The second-order valence-corrected chi connectivity index (χ2v) is 5.97. The molecule has 1 N–H and O–H groups in total. The quantitative estimate of drug-likeness (QED) is 0.893. The van der Waals surface area contributed by atoms with Gasteiger partial charge in [0.05, 0.1) is 11.1 Å². The van der Waals surface area contributed by atoms with E-state index in [1.165, 1.54) is 24.3 Å². The standard InChI is InChI=1S/C15H12F3NO3S/c16-15(17,18)22-14-9-5-4-8-13(14)19-23(20,21)11-10-12-6-2-1-3-7-12/h1-11,19H/b11-10+. The van der Waals surface area contributed by atoms with Gasteiger partial charge in [-0.2, -0.15) is 0 Å². The van der Waals surface area contributed by atoms with E-state index < -0.39 is 22.1 Å². The predicted octanol–water partition coefficient (Wildman–Crippen LogP) is 4.00. The first-order valence-electron chi connectivity index (χ1n) is 6.36. The maximum atomic E-state index is 12.3. The van der Waals surface area contributed by atoms with Crippen LogP contribution >= 0.6 is 0 Å². The molecule has 0 atom stereocenters. The van der Waals surface area contributed by atoms with Crippen LogP contribution in [0.4, 0.5) is 18.9 Å². The van der Waals surface area contributed by atoms with Crippen molar-refractivity contribution >= 4 is 21.8 Å². The number of rotatable bonds is 5. The second-order valence-electron chi connectivity index (χ2n) is 4.40. The molecule has 0 aliphatic carbocycles. The van der Waals surface area contributed by atoms with Gasteiger partial charge >= 0.3 is 6.36 Å². The summed E-state index contributed by atoms with van der Waals surface area (Å²) in [6.07, 6.45) is -3.59. The lowest BCUT2D eigenvalue weighted by Crippen LogP contribution is -2.19. The van der Waals surface area contributed by atoms with Gasteiger partial charge < -0.3 is 4.74 Å². The highest BCUT2D eigenvalue weighted by Gasteiger charge is 2.32. The largest absolute Gasteiger partial charge is 0.573 e. The Labute approximate surface area is 131 Å². The van der Waals surface area contributed by atoms with Gasteiger partial charge in [-0.25, -0.2) is 8.42 Å². The normalized spacial score (nSPS) is 12.3. The SMILES string of the molecule is O=S(=O)(/C=C/c1ccccc1)Nc1ccccc1OC(F)(F)F. The summed E-state index contributed by atoms with van der Waals surface area (Å²) in [6, 6.07) is 13.5. The molecule has 2 aromatic rings. The molecule has 0 heterocycles. The number of sulfonamides is 1. The van der Waals surface area contributed by atoms with E-state index in [-0.39, 0.29) is 5.69 Å². The topological polar surface area (TPSA) is 55.4 Å². The average molecular weight is 343 g/mol. The Kier molecular flexibility index (Phi) is 4.95. The number of alkyl halides is 3. The number of benzene rings is 2. The molecule has 2 aromatic carbocycles. The van der Waals surface area contributed by atoms with E-state index in [1.807, 2.05) is 4.72 Å². The molecule has 122 valence electrons. The molecule has 8 heteroatoms. The zero-order valence-electron chi connectivity index (χ0n) is 11.6. The minimum Gasteiger partial charge on any atom is -0.404 e. The zero-order valence-corrected chi connectivity index (χ0v) is 12.4. The van der Waals surface area contributed by atoms with Crippen molar-refractivity contribution in [3.05, 3.63) is 65.6 Å². The fourth-order valence-corrected chi connectivity index (χ4v) is 2.56. The summed E-state index contributed by atoms with van der Waals surface area (Å²) in [6.45, 7) is 0. The minimum absolute atomic E-state index is 0.303. The van der Waals surface area contributed by atoms with Gasteiger partial charge in [-0.3, -0.25) is 4.72 Å². The van der Waals surface area contributed by atoms with Crippen LogP contribution in [0, 0.1) is 0 Å². The Morgan fingerprint density at radius 3 is 2.22 bits per heavy atom. The van der Waals surface area contributed by atoms with Crippen LogP contribution in [0.25, 0.3) is 6.08 Å². The molecule has 23 heavy (non-hydrogen) atoms. The van der Waals surface area contributed by atoms with E-state index in [1.54, 1.807) is 30.3 Å². The number of para-hydroxylation sites is 2. The lowest BCUT2D eigenvalue weighted by Gasteiger charge is -2.13. The Morgan fingerprint density at radius 1 is 0.957 bits per heavy atom. The van der Waals surface area contributed by atoms with Crippen molar-refractivity contribution in [3.63, 3.8) is 0 Å². The second kappa shape index (κ2) is 6.74. The smallest absolute Gasteiger partial charge is 0.404 e. The Hall–Kier alpha value is -2.48. The number of halogens is 3. The molecule has 0 spiro atoms. The van der Waals surface area contributed by atoms with Gasteiger partial charge in [-0.1, -0.05) is 42.5 Å². The first kappa shape index (κ1) is 16.9. The molecule has 0 aliphatic rings.